The minimum absolute atomic E-state index is 0.00262. The summed E-state index contributed by atoms with van der Waals surface area (Å²) in [7, 11) is 0. The van der Waals surface area contributed by atoms with Crippen LogP contribution in [0, 0.1) is 5.41 Å². The molecular formula is C16H19BrN2O3. The Morgan fingerprint density at radius 3 is 2.95 bits per heavy atom. The lowest BCUT2D eigenvalue weighted by Crippen LogP contribution is -2.59. The number of fused-ring (bicyclic) bond motifs is 4. The van der Waals surface area contributed by atoms with E-state index in [1.807, 2.05) is 18.2 Å². The summed E-state index contributed by atoms with van der Waals surface area (Å²) < 4.78 is 12.8. The molecule has 118 valence electrons. The van der Waals surface area contributed by atoms with Crippen molar-refractivity contribution in [2.75, 3.05) is 6.61 Å². The smallest absolute Gasteiger partial charge is 0.283 e. The van der Waals surface area contributed by atoms with Crippen LogP contribution in [0.15, 0.2) is 27.7 Å². The molecule has 3 aliphatic rings. The van der Waals surface area contributed by atoms with Crippen LogP contribution in [-0.2, 0) is 10.3 Å². The summed E-state index contributed by atoms with van der Waals surface area (Å²) >= 11 is 3.53. The summed E-state index contributed by atoms with van der Waals surface area (Å²) in [4.78, 5) is 4.71. The van der Waals surface area contributed by atoms with Crippen molar-refractivity contribution < 1.29 is 14.6 Å². The lowest BCUT2D eigenvalue weighted by molar-refractivity contribution is -0.101. The summed E-state index contributed by atoms with van der Waals surface area (Å²) in [5.41, 5.74) is 5.90. The molecular weight excluding hydrogens is 348 g/mol. The lowest BCUT2D eigenvalue weighted by Gasteiger charge is -2.54. The maximum atomic E-state index is 10.2. The second-order valence-electron chi connectivity index (χ2n) is 6.70. The average Bonchev–Trinajstić information content (AvgIpc) is 2.86. The predicted octanol–water partition coefficient (Wildman–Crippen LogP) is 2.30. The van der Waals surface area contributed by atoms with Crippen LogP contribution in [0.5, 0.6) is 5.75 Å². The molecule has 2 unspecified atom stereocenters. The number of rotatable bonds is 0. The topological polar surface area (TPSA) is 77.1 Å². The highest BCUT2D eigenvalue weighted by atomic mass is 79.9. The van der Waals surface area contributed by atoms with Crippen LogP contribution in [-0.4, -0.2) is 29.9 Å². The van der Waals surface area contributed by atoms with Crippen molar-refractivity contribution in [1.82, 2.24) is 0 Å². The van der Waals surface area contributed by atoms with Crippen molar-refractivity contribution >= 4 is 22.0 Å². The summed E-state index contributed by atoms with van der Waals surface area (Å²) in [6.45, 7) is 2.53. The second kappa shape index (κ2) is 4.61. The molecule has 0 aromatic heterocycles. The van der Waals surface area contributed by atoms with Crippen LogP contribution < -0.4 is 10.5 Å². The maximum absolute atomic E-state index is 10.2. The van der Waals surface area contributed by atoms with Gasteiger partial charge in [0.2, 0.25) is 0 Å². The van der Waals surface area contributed by atoms with Gasteiger partial charge in [0, 0.05) is 15.5 Å². The summed E-state index contributed by atoms with van der Waals surface area (Å²) in [5.74, 6) is 0.837. The standard InChI is InChI=1S/C16H19BrN2O3/c1-15-7-10(20)3-5-13(15)22-12-4-2-9(17)6-11(12)16(15)8-21-14(18)19-16/h2,4,6,10,13,20H,3,5,7-8H2,1H3,(H2,18,19)/t10?,13-,15-,16?/m0/s1. The first kappa shape index (κ1) is 14.3. The van der Waals surface area contributed by atoms with E-state index in [0.29, 0.717) is 13.0 Å². The van der Waals surface area contributed by atoms with Gasteiger partial charge < -0.3 is 20.3 Å². The maximum Gasteiger partial charge on any atom is 0.283 e. The number of nitrogens with two attached hydrogens (primary N) is 1. The van der Waals surface area contributed by atoms with Crippen LogP contribution in [0.4, 0.5) is 0 Å². The molecule has 4 atom stereocenters. The van der Waals surface area contributed by atoms with Gasteiger partial charge in [-0.15, -0.1) is 0 Å². The van der Waals surface area contributed by atoms with Gasteiger partial charge in [0.1, 0.15) is 24.0 Å². The second-order valence-corrected chi connectivity index (χ2v) is 7.61. The largest absolute Gasteiger partial charge is 0.489 e. The Morgan fingerprint density at radius 2 is 2.23 bits per heavy atom. The molecule has 1 aliphatic carbocycles. The van der Waals surface area contributed by atoms with Crippen molar-refractivity contribution in [3.63, 3.8) is 0 Å². The fourth-order valence-electron chi connectivity index (χ4n) is 4.26. The average molecular weight is 367 g/mol. The van der Waals surface area contributed by atoms with E-state index in [-0.39, 0.29) is 23.6 Å². The first-order valence-electron chi connectivity index (χ1n) is 7.57. The first-order chi connectivity index (χ1) is 10.4. The number of nitrogens with zero attached hydrogens (tertiary/aromatic N) is 1. The molecule has 22 heavy (non-hydrogen) atoms. The van der Waals surface area contributed by atoms with Gasteiger partial charge in [0.25, 0.3) is 6.02 Å². The molecule has 0 amide bonds. The van der Waals surface area contributed by atoms with E-state index in [0.717, 1.165) is 28.6 Å². The molecule has 2 aliphatic heterocycles. The Bertz CT molecular complexity index is 665. The number of aliphatic hydroxyl groups excluding tert-OH is 1. The Balaban J connectivity index is 1.95. The molecule has 4 rings (SSSR count). The minimum Gasteiger partial charge on any atom is -0.489 e. The molecule has 1 fully saturated rings. The summed E-state index contributed by atoms with van der Waals surface area (Å²) in [5, 5.41) is 10.2. The van der Waals surface area contributed by atoms with Crippen LogP contribution in [0.2, 0.25) is 0 Å². The van der Waals surface area contributed by atoms with E-state index in [1.54, 1.807) is 0 Å². The van der Waals surface area contributed by atoms with Gasteiger partial charge in [-0.2, -0.15) is 0 Å². The Hall–Kier alpha value is -1.27. The van der Waals surface area contributed by atoms with Crippen molar-refractivity contribution in [3.05, 3.63) is 28.2 Å². The molecule has 0 radical (unpaired) electrons. The highest BCUT2D eigenvalue weighted by Gasteiger charge is 2.63. The number of aliphatic imine (C=N–C) groups is 1. The van der Waals surface area contributed by atoms with E-state index in [9.17, 15) is 5.11 Å². The van der Waals surface area contributed by atoms with Gasteiger partial charge in [0.05, 0.1) is 6.10 Å². The van der Waals surface area contributed by atoms with E-state index in [1.165, 1.54) is 0 Å². The highest BCUT2D eigenvalue weighted by molar-refractivity contribution is 9.10. The normalized spacial score (nSPS) is 39.5. The van der Waals surface area contributed by atoms with Gasteiger partial charge in [-0.1, -0.05) is 22.9 Å². The fourth-order valence-corrected chi connectivity index (χ4v) is 4.62. The molecule has 0 saturated heterocycles. The van der Waals surface area contributed by atoms with E-state index in [4.69, 9.17) is 20.2 Å². The van der Waals surface area contributed by atoms with Gasteiger partial charge in [0.15, 0.2) is 0 Å². The van der Waals surface area contributed by atoms with Gasteiger partial charge in [-0.25, -0.2) is 4.99 Å². The third-order valence-electron chi connectivity index (χ3n) is 5.46. The van der Waals surface area contributed by atoms with Crippen LogP contribution >= 0.6 is 15.9 Å². The zero-order valence-electron chi connectivity index (χ0n) is 12.4. The molecule has 1 aromatic rings. The predicted molar refractivity (Wildman–Crippen MR) is 85.8 cm³/mol. The Labute approximate surface area is 137 Å². The monoisotopic (exact) mass is 366 g/mol. The summed E-state index contributed by atoms with van der Waals surface area (Å²) in [6, 6.07) is 6.18. The number of ether oxygens (including phenoxy) is 2. The number of benzene rings is 1. The van der Waals surface area contributed by atoms with Crippen LogP contribution in [0.3, 0.4) is 0 Å². The molecule has 3 N–H and O–H groups in total. The van der Waals surface area contributed by atoms with Gasteiger partial charge in [-0.05, 0) is 37.5 Å². The zero-order valence-corrected chi connectivity index (χ0v) is 14.0. The molecule has 2 heterocycles. The first-order valence-corrected chi connectivity index (χ1v) is 8.37. The van der Waals surface area contributed by atoms with Crippen molar-refractivity contribution in [2.45, 2.75) is 43.9 Å². The van der Waals surface area contributed by atoms with Crippen molar-refractivity contribution in [3.8, 4) is 5.75 Å². The molecule has 5 nitrogen and oxygen atoms in total. The SMILES string of the molecule is C[C@]12CC(O)CC[C@@H]1Oc1ccc(Br)cc1C21COC(N)=N1. The number of amidine groups is 1. The molecule has 1 spiro atoms. The van der Waals surface area contributed by atoms with Gasteiger partial charge >= 0.3 is 0 Å². The molecule has 6 heteroatoms. The Morgan fingerprint density at radius 1 is 1.41 bits per heavy atom. The van der Waals surface area contributed by atoms with Crippen molar-refractivity contribution in [2.24, 2.45) is 16.1 Å². The van der Waals surface area contributed by atoms with Crippen LogP contribution in [0.25, 0.3) is 0 Å². The summed E-state index contributed by atoms with van der Waals surface area (Å²) in [6.07, 6.45) is 1.85. The highest BCUT2D eigenvalue weighted by Crippen LogP contribution is 2.59. The third-order valence-corrected chi connectivity index (χ3v) is 5.96. The molecule has 1 aromatic carbocycles. The number of halogens is 1. The minimum atomic E-state index is -0.597. The Kier molecular flexibility index (Phi) is 3.01. The third kappa shape index (κ3) is 1.77. The van der Waals surface area contributed by atoms with Crippen LogP contribution in [0.1, 0.15) is 31.7 Å². The number of hydrogen-bond acceptors (Lipinski definition) is 5. The van der Waals surface area contributed by atoms with E-state index < -0.39 is 5.54 Å². The molecule has 1 saturated carbocycles. The lowest BCUT2D eigenvalue weighted by atomic mass is 9.57. The van der Waals surface area contributed by atoms with E-state index >= 15 is 0 Å². The fraction of sp³-hybridized carbons (Fsp3) is 0.562. The number of aliphatic hydroxyl groups is 1. The quantitative estimate of drug-likeness (QED) is 0.738. The zero-order chi connectivity index (χ0) is 15.5. The van der Waals surface area contributed by atoms with Crippen molar-refractivity contribution in [1.29, 1.82) is 0 Å². The molecule has 0 bridgehead atoms. The number of hydrogen-bond donors (Lipinski definition) is 2. The van der Waals surface area contributed by atoms with E-state index in [2.05, 4.69) is 22.9 Å². The van der Waals surface area contributed by atoms with Gasteiger partial charge in [-0.3, -0.25) is 0 Å².